The first-order valence-corrected chi connectivity index (χ1v) is 6.97. The lowest BCUT2D eigenvalue weighted by Gasteiger charge is -2.21. The Labute approximate surface area is 119 Å². The SMILES string of the molecule is COc1cccc(CNC(=O)CN2CCC[C@H]2CO)c1. The van der Waals surface area contributed by atoms with Crippen LogP contribution in [0.4, 0.5) is 0 Å². The molecule has 0 aromatic heterocycles. The first kappa shape index (κ1) is 14.8. The fourth-order valence-corrected chi connectivity index (χ4v) is 2.53. The number of nitrogens with zero attached hydrogens (tertiary/aromatic N) is 1. The highest BCUT2D eigenvalue weighted by Gasteiger charge is 2.25. The van der Waals surface area contributed by atoms with Crippen LogP contribution in [0.2, 0.25) is 0 Å². The second kappa shape index (κ2) is 7.26. The van der Waals surface area contributed by atoms with E-state index in [1.54, 1.807) is 7.11 Å². The quantitative estimate of drug-likeness (QED) is 0.807. The van der Waals surface area contributed by atoms with Crippen LogP contribution < -0.4 is 10.1 Å². The smallest absolute Gasteiger partial charge is 0.234 e. The van der Waals surface area contributed by atoms with Crippen LogP contribution >= 0.6 is 0 Å². The zero-order valence-electron chi connectivity index (χ0n) is 11.8. The van der Waals surface area contributed by atoms with Gasteiger partial charge in [-0.05, 0) is 37.1 Å². The summed E-state index contributed by atoms with van der Waals surface area (Å²) in [5.74, 6) is 0.782. The molecule has 5 heteroatoms. The monoisotopic (exact) mass is 278 g/mol. The molecule has 1 atom stereocenters. The Morgan fingerprint density at radius 3 is 3.15 bits per heavy atom. The van der Waals surface area contributed by atoms with Crippen molar-refractivity contribution in [2.75, 3.05) is 26.8 Å². The van der Waals surface area contributed by atoms with Crippen molar-refractivity contribution < 1.29 is 14.6 Å². The van der Waals surface area contributed by atoms with Crippen LogP contribution in [0.5, 0.6) is 5.75 Å². The van der Waals surface area contributed by atoms with Gasteiger partial charge in [0.25, 0.3) is 0 Å². The van der Waals surface area contributed by atoms with Gasteiger partial charge in [0.15, 0.2) is 0 Å². The third kappa shape index (κ3) is 3.95. The summed E-state index contributed by atoms with van der Waals surface area (Å²) in [6.07, 6.45) is 2.02. The second-order valence-electron chi connectivity index (χ2n) is 5.08. The molecule has 1 fully saturated rings. The molecule has 5 nitrogen and oxygen atoms in total. The molecule has 1 saturated heterocycles. The molecule has 1 aromatic carbocycles. The van der Waals surface area contributed by atoms with Gasteiger partial charge < -0.3 is 15.2 Å². The fourth-order valence-electron chi connectivity index (χ4n) is 2.53. The first-order valence-electron chi connectivity index (χ1n) is 6.97. The van der Waals surface area contributed by atoms with Crippen LogP contribution in [-0.4, -0.2) is 48.8 Å². The van der Waals surface area contributed by atoms with E-state index in [0.717, 1.165) is 30.7 Å². The number of aliphatic hydroxyl groups is 1. The highest BCUT2D eigenvalue weighted by atomic mass is 16.5. The van der Waals surface area contributed by atoms with Gasteiger partial charge in [-0.25, -0.2) is 0 Å². The third-order valence-corrected chi connectivity index (χ3v) is 3.68. The number of carbonyl (C=O) groups excluding carboxylic acids is 1. The highest BCUT2D eigenvalue weighted by Crippen LogP contribution is 2.16. The minimum absolute atomic E-state index is 0.00632. The lowest BCUT2D eigenvalue weighted by atomic mass is 10.2. The minimum atomic E-state index is -0.00632. The Morgan fingerprint density at radius 2 is 2.40 bits per heavy atom. The summed E-state index contributed by atoms with van der Waals surface area (Å²) < 4.78 is 5.15. The molecule has 0 radical (unpaired) electrons. The molecule has 0 bridgehead atoms. The number of amides is 1. The summed E-state index contributed by atoms with van der Waals surface area (Å²) in [5.41, 5.74) is 1.01. The van der Waals surface area contributed by atoms with Crippen LogP contribution in [0.25, 0.3) is 0 Å². The van der Waals surface area contributed by atoms with E-state index in [2.05, 4.69) is 5.32 Å². The van der Waals surface area contributed by atoms with Crippen molar-refractivity contribution in [3.8, 4) is 5.75 Å². The van der Waals surface area contributed by atoms with Gasteiger partial charge in [-0.3, -0.25) is 9.69 Å². The van der Waals surface area contributed by atoms with Crippen LogP contribution in [0.3, 0.4) is 0 Å². The Bertz CT molecular complexity index is 450. The average Bonchev–Trinajstić information content (AvgIpc) is 2.92. The summed E-state index contributed by atoms with van der Waals surface area (Å²) in [6.45, 7) is 1.86. The molecule has 110 valence electrons. The summed E-state index contributed by atoms with van der Waals surface area (Å²) in [4.78, 5) is 14.0. The number of hydrogen-bond acceptors (Lipinski definition) is 4. The molecule has 2 rings (SSSR count). The Kier molecular flexibility index (Phi) is 5.38. The summed E-state index contributed by atoms with van der Waals surface area (Å²) in [6, 6.07) is 7.78. The number of nitrogens with one attached hydrogen (secondary N) is 1. The number of likely N-dealkylation sites (tertiary alicyclic amines) is 1. The average molecular weight is 278 g/mol. The maximum Gasteiger partial charge on any atom is 0.234 e. The first-order chi connectivity index (χ1) is 9.72. The Balaban J connectivity index is 1.79. The molecule has 0 unspecified atom stereocenters. The Morgan fingerprint density at radius 1 is 1.55 bits per heavy atom. The third-order valence-electron chi connectivity index (χ3n) is 3.68. The van der Waals surface area contributed by atoms with E-state index in [-0.39, 0.29) is 18.6 Å². The molecule has 1 aliphatic rings. The van der Waals surface area contributed by atoms with Crippen molar-refractivity contribution in [3.63, 3.8) is 0 Å². The predicted octanol–water partition coefficient (Wildman–Crippen LogP) is 0.768. The van der Waals surface area contributed by atoms with Crippen molar-refractivity contribution in [1.82, 2.24) is 10.2 Å². The maximum atomic E-state index is 11.9. The zero-order chi connectivity index (χ0) is 14.4. The molecule has 0 aliphatic carbocycles. The standard InChI is InChI=1S/C15H22N2O3/c1-20-14-6-2-4-12(8-14)9-16-15(19)10-17-7-3-5-13(17)11-18/h2,4,6,8,13,18H,3,5,7,9-11H2,1H3,(H,16,19)/t13-/m0/s1. The number of hydrogen-bond donors (Lipinski definition) is 2. The molecule has 20 heavy (non-hydrogen) atoms. The van der Waals surface area contributed by atoms with Gasteiger partial charge in [-0.15, -0.1) is 0 Å². The van der Waals surface area contributed by atoms with Gasteiger partial charge in [0.2, 0.25) is 5.91 Å². The van der Waals surface area contributed by atoms with Crippen molar-refractivity contribution in [1.29, 1.82) is 0 Å². The molecule has 0 spiro atoms. The molecule has 1 heterocycles. The van der Waals surface area contributed by atoms with Crippen molar-refractivity contribution >= 4 is 5.91 Å². The predicted molar refractivity (Wildman–Crippen MR) is 76.5 cm³/mol. The number of aliphatic hydroxyl groups excluding tert-OH is 1. The van der Waals surface area contributed by atoms with Gasteiger partial charge in [-0.2, -0.15) is 0 Å². The van der Waals surface area contributed by atoms with E-state index in [1.165, 1.54) is 0 Å². The fraction of sp³-hybridized carbons (Fsp3) is 0.533. The van der Waals surface area contributed by atoms with Crippen molar-refractivity contribution in [2.24, 2.45) is 0 Å². The lowest BCUT2D eigenvalue weighted by molar-refractivity contribution is -0.122. The number of carbonyl (C=O) groups is 1. The number of rotatable bonds is 6. The summed E-state index contributed by atoms with van der Waals surface area (Å²) in [7, 11) is 1.63. The lowest BCUT2D eigenvalue weighted by Crippen LogP contribution is -2.40. The number of methoxy groups -OCH3 is 1. The summed E-state index contributed by atoms with van der Waals surface area (Å²) in [5, 5.41) is 12.1. The molecule has 1 amide bonds. The zero-order valence-corrected chi connectivity index (χ0v) is 11.8. The van der Waals surface area contributed by atoms with E-state index < -0.39 is 0 Å². The van der Waals surface area contributed by atoms with E-state index in [4.69, 9.17) is 4.74 Å². The van der Waals surface area contributed by atoms with Crippen LogP contribution in [-0.2, 0) is 11.3 Å². The molecule has 1 aromatic rings. The van der Waals surface area contributed by atoms with Gasteiger partial charge >= 0.3 is 0 Å². The topological polar surface area (TPSA) is 61.8 Å². The normalized spacial score (nSPS) is 19.0. The summed E-state index contributed by atoms with van der Waals surface area (Å²) >= 11 is 0. The number of ether oxygens (including phenoxy) is 1. The van der Waals surface area contributed by atoms with Gasteiger partial charge in [0.05, 0.1) is 20.3 Å². The minimum Gasteiger partial charge on any atom is -0.497 e. The maximum absolute atomic E-state index is 11.9. The van der Waals surface area contributed by atoms with Crippen LogP contribution in [0, 0.1) is 0 Å². The van der Waals surface area contributed by atoms with Crippen LogP contribution in [0.15, 0.2) is 24.3 Å². The van der Waals surface area contributed by atoms with E-state index >= 15 is 0 Å². The molecule has 1 aliphatic heterocycles. The second-order valence-corrected chi connectivity index (χ2v) is 5.08. The van der Waals surface area contributed by atoms with Gasteiger partial charge in [0.1, 0.15) is 5.75 Å². The van der Waals surface area contributed by atoms with Gasteiger partial charge in [0, 0.05) is 12.6 Å². The van der Waals surface area contributed by atoms with Crippen molar-refractivity contribution in [2.45, 2.75) is 25.4 Å². The van der Waals surface area contributed by atoms with E-state index in [0.29, 0.717) is 13.1 Å². The molecular weight excluding hydrogens is 256 g/mol. The largest absolute Gasteiger partial charge is 0.497 e. The van der Waals surface area contributed by atoms with Crippen molar-refractivity contribution in [3.05, 3.63) is 29.8 Å². The van der Waals surface area contributed by atoms with E-state index in [1.807, 2.05) is 29.2 Å². The van der Waals surface area contributed by atoms with Crippen LogP contribution in [0.1, 0.15) is 18.4 Å². The highest BCUT2D eigenvalue weighted by molar-refractivity contribution is 5.78. The molecular formula is C15H22N2O3. The molecule has 0 saturated carbocycles. The van der Waals surface area contributed by atoms with Gasteiger partial charge in [-0.1, -0.05) is 12.1 Å². The molecule has 2 N–H and O–H groups in total. The van der Waals surface area contributed by atoms with E-state index in [9.17, 15) is 9.90 Å². The Hall–Kier alpha value is -1.59. The number of benzene rings is 1.